The first-order valence-electron chi connectivity index (χ1n) is 8.93. The number of carbonyl (C=O) groups is 2. The van der Waals surface area contributed by atoms with Crippen LogP contribution in [0.1, 0.15) is 6.92 Å². The monoisotopic (exact) mass is 476 g/mol. The summed E-state index contributed by atoms with van der Waals surface area (Å²) in [4.78, 5) is 35.8. The van der Waals surface area contributed by atoms with Gasteiger partial charge in [-0.2, -0.15) is 15.4 Å². The highest BCUT2D eigenvalue weighted by Crippen LogP contribution is 2.39. The molecule has 0 spiro atoms. The summed E-state index contributed by atoms with van der Waals surface area (Å²) in [6.45, 7) is 4.93. The van der Waals surface area contributed by atoms with E-state index in [0.717, 1.165) is 15.8 Å². The summed E-state index contributed by atoms with van der Waals surface area (Å²) in [5, 5.41) is 20.2. The van der Waals surface area contributed by atoms with Gasteiger partial charge in [-0.3, -0.25) is 9.59 Å². The molecule has 0 bridgehead atoms. The van der Waals surface area contributed by atoms with Crippen LogP contribution in [0.3, 0.4) is 0 Å². The molecule has 1 aliphatic heterocycles. The number of carbonyl (C=O) groups excluding carboxylic acids is 2. The van der Waals surface area contributed by atoms with Gasteiger partial charge in [-0.1, -0.05) is 29.8 Å². The van der Waals surface area contributed by atoms with Crippen molar-refractivity contribution in [1.29, 1.82) is 5.26 Å². The van der Waals surface area contributed by atoms with Gasteiger partial charge < -0.3 is 14.8 Å². The number of esters is 1. The predicted molar refractivity (Wildman–Crippen MR) is 115 cm³/mol. The number of ether oxygens (including phenoxy) is 2. The molecule has 1 aromatic carbocycles. The lowest BCUT2D eigenvalue weighted by Crippen LogP contribution is -2.42. The summed E-state index contributed by atoms with van der Waals surface area (Å²) in [7, 11) is 0. The molecule has 0 radical (unpaired) electrons. The van der Waals surface area contributed by atoms with E-state index in [1.807, 2.05) is 6.07 Å². The molecule has 0 aliphatic carbocycles. The van der Waals surface area contributed by atoms with Crippen LogP contribution in [0.15, 0.2) is 46.4 Å². The second-order valence-corrected chi connectivity index (χ2v) is 6.91. The zero-order valence-electron chi connectivity index (χ0n) is 16.5. The first-order chi connectivity index (χ1) is 15.2. The Morgan fingerprint density at radius 1 is 1.28 bits per heavy atom. The van der Waals surface area contributed by atoms with E-state index in [1.165, 1.54) is 18.2 Å². The lowest BCUT2D eigenvalue weighted by atomic mass is 10.2. The highest BCUT2D eigenvalue weighted by molar-refractivity contribution is 6.37. The molecule has 13 heteroatoms. The highest BCUT2D eigenvalue weighted by Gasteiger charge is 2.26. The van der Waals surface area contributed by atoms with Crippen LogP contribution < -0.4 is 20.6 Å². The molecule has 1 aromatic heterocycles. The molecule has 2 aromatic rings. The molecule has 2 amide bonds. The molecule has 0 unspecified atom stereocenters. The quantitative estimate of drug-likeness (QED) is 0.632. The number of nitrogens with one attached hydrogen (secondary N) is 1. The summed E-state index contributed by atoms with van der Waals surface area (Å²) in [5.41, 5.74) is -0.410. The number of nitrogens with zero attached hydrogens (tertiary/aromatic N) is 5. The van der Waals surface area contributed by atoms with E-state index >= 15 is 0 Å². The van der Waals surface area contributed by atoms with Gasteiger partial charge in [0.2, 0.25) is 5.88 Å². The maximum atomic E-state index is 12.2. The van der Waals surface area contributed by atoms with Gasteiger partial charge in [0.05, 0.1) is 28.0 Å². The first-order valence-corrected chi connectivity index (χ1v) is 9.68. The van der Waals surface area contributed by atoms with E-state index in [9.17, 15) is 14.4 Å². The predicted octanol–water partition coefficient (Wildman–Crippen LogP) is 2.83. The molecular weight excluding hydrogens is 463 g/mol. The lowest BCUT2D eigenvalue weighted by molar-refractivity contribution is -0.144. The number of halogens is 2. The van der Waals surface area contributed by atoms with Crippen LogP contribution in [-0.2, 0) is 16.1 Å². The maximum absolute atomic E-state index is 12.2. The van der Waals surface area contributed by atoms with Crippen LogP contribution in [0.5, 0.6) is 11.6 Å². The number of rotatable bonds is 6. The van der Waals surface area contributed by atoms with Crippen molar-refractivity contribution in [2.75, 3.05) is 11.6 Å². The van der Waals surface area contributed by atoms with Crippen molar-refractivity contribution in [3.8, 4) is 17.7 Å². The second kappa shape index (κ2) is 9.51. The Labute approximate surface area is 191 Å². The highest BCUT2D eigenvalue weighted by atomic mass is 35.5. The largest absolute Gasteiger partial charge is 0.465 e. The summed E-state index contributed by atoms with van der Waals surface area (Å²) in [5.74, 6) is -0.723. The Balaban J connectivity index is 1.90. The summed E-state index contributed by atoms with van der Waals surface area (Å²) in [6, 6.07) is 6.25. The molecule has 32 heavy (non-hydrogen) atoms. The van der Waals surface area contributed by atoms with Gasteiger partial charge in [-0.15, -0.1) is 5.10 Å². The Bertz CT molecular complexity index is 1230. The number of aromatic nitrogens is 2. The minimum atomic E-state index is -0.664. The SMILES string of the molecule is C=C1NC(=O)N(c2cc(Cl)c(Oc3ccc(=O)n(CC(=O)OCC)n3)c(Cl)c2)N=C1C#N. The number of allylic oxidation sites excluding steroid dienone is 1. The lowest BCUT2D eigenvalue weighted by Gasteiger charge is -2.24. The van der Waals surface area contributed by atoms with Gasteiger partial charge >= 0.3 is 12.0 Å². The summed E-state index contributed by atoms with van der Waals surface area (Å²) >= 11 is 12.6. The van der Waals surface area contributed by atoms with E-state index in [1.54, 1.807) is 6.92 Å². The van der Waals surface area contributed by atoms with Crippen molar-refractivity contribution >= 4 is 46.6 Å². The van der Waals surface area contributed by atoms with E-state index in [0.29, 0.717) is 0 Å². The number of hydrogen-bond donors (Lipinski definition) is 1. The molecule has 1 N–H and O–H groups in total. The molecule has 2 heterocycles. The Morgan fingerprint density at radius 3 is 2.59 bits per heavy atom. The maximum Gasteiger partial charge on any atom is 0.347 e. The fourth-order valence-electron chi connectivity index (χ4n) is 2.51. The Morgan fingerprint density at radius 2 is 1.97 bits per heavy atom. The van der Waals surface area contributed by atoms with E-state index in [4.69, 9.17) is 37.9 Å². The minimum Gasteiger partial charge on any atom is -0.465 e. The average molecular weight is 477 g/mol. The van der Waals surface area contributed by atoms with Gasteiger partial charge in [0.15, 0.2) is 11.5 Å². The van der Waals surface area contributed by atoms with Crippen LogP contribution in [0, 0.1) is 11.3 Å². The van der Waals surface area contributed by atoms with E-state index in [-0.39, 0.29) is 45.4 Å². The van der Waals surface area contributed by atoms with Crippen LogP contribution in [0.4, 0.5) is 10.5 Å². The average Bonchev–Trinajstić information content (AvgIpc) is 2.73. The molecule has 11 nitrogen and oxygen atoms in total. The van der Waals surface area contributed by atoms with Gasteiger partial charge in [-0.25, -0.2) is 9.48 Å². The molecule has 1 aliphatic rings. The molecule has 0 saturated heterocycles. The Kier molecular flexibility index (Phi) is 6.77. The van der Waals surface area contributed by atoms with Gasteiger partial charge in [-0.05, 0) is 19.1 Å². The van der Waals surface area contributed by atoms with Crippen molar-refractivity contribution in [1.82, 2.24) is 15.1 Å². The number of hydrogen-bond acceptors (Lipinski definition) is 8. The van der Waals surface area contributed by atoms with Crippen LogP contribution in [0.25, 0.3) is 0 Å². The number of anilines is 1. The normalized spacial score (nSPS) is 13.2. The summed E-state index contributed by atoms with van der Waals surface area (Å²) in [6.07, 6.45) is 0. The van der Waals surface area contributed by atoms with Crippen molar-refractivity contribution in [2.24, 2.45) is 5.10 Å². The van der Waals surface area contributed by atoms with Crippen LogP contribution in [0.2, 0.25) is 10.0 Å². The molecule has 3 rings (SSSR count). The topological polar surface area (TPSA) is 139 Å². The zero-order valence-corrected chi connectivity index (χ0v) is 18.0. The van der Waals surface area contributed by atoms with Crippen molar-refractivity contribution in [3.63, 3.8) is 0 Å². The molecule has 0 atom stereocenters. The molecular formula is C19H14Cl2N6O5. The van der Waals surface area contributed by atoms with E-state index in [2.05, 4.69) is 22.1 Å². The minimum absolute atomic E-state index is 0.0108. The molecule has 0 fully saturated rings. The van der Waals surface area contributed by atoms with Crippen molar-refractivity contribution in [3.05, 3.63) is 56.9 Å². The zero-order chi connectivity index (χ0) is 23.4. The van der Waals surface area contributed by atoms with Crippen molar-refractivity contribution < 1.29 is 19.1 Å². The number of benzene rings is 1. The third-order valence-corrected chi connectivity index (χ3v) is 4.46. The second-order valence-electron chi connectivity index (χ2n) is 6.09. The van der Waals surface area contributed by atoms with Crippen molar-refractivity contribution in [2.45, 2.75) is 13.5 Å². The van der Waals surface area contributed by atoms with Crippen LogP contribution >= 0.6 is 23.2 Å². The van der Waals surface area contributed by atoms with Crippen LogP contribution in [-0.4, -0.2) is 34.1 Å². The first kappa shape index (κ1) is 22.8. The standard InChI is InChI=1S/C19H14Cl2N6O5/c1-3-31-17(29)9-26-16(28)5-4-15(25-26)32-18-12(20)6-11(7-13(18)21)27-19(30)23-10(2)14(8-22)24-27/h4-7H,2-3,9H2,1H3,(H,23,30). The molecule has 0 saturated carbocycles. The van der Waals surface area contributed by atoms with Gasteiger partial charge in [0.1, 0.15) is 12.6 Å². The fraction of sp³-hybridized carbons (Fsp3) is 0.158. The third kappa shape index (κ3) is 4.88. The smallest absolute Gasteiger partial charge is 0.347 e. The fourth-order valence-corrected chi connectivity index (χ4v) is 3.06. The molecule has 164 valence electrons. The number of nitriles is 1. The van der Waals surface area contributed by atoms with Gasteiger partial charge in [0.25, 0.3) is 5.56 Å². The Hall–Kier alpha value is -3.88. The number of amides is 2. The summed E-state index contributed by atoms with van der Waals surface area (Å²) < 4.78 is 11.3. The third-order valence-electron chi connectivity index (χ3n) is 3.90. The van der Waals surface area contributed by atoms with E-state index < -0.39 is 24.1 Å². The number of hydrazone groups is 1. The van der Waals surface area contributed by atoms with Gasteiger partial charge in [0, 0.05) is 12.1 Å². The number of urea groups is 1.